The minimum atomic E-state index is -0.403. The second-order valence-corrected chi connectivity index (χ2v) is 6.93. The molecule has 1 fully saturated rings. The minimum Gasteiger partial charge on any atom is -0.335 e. The van der Waals surface area contributed by atoms with Crippen LogP contribution in [0.25, 0.3) is 5.78 Å². The number of aromatic amines is 1. The van der Waals surface area contributed by atoms with E-state index in [4.69, 9.17) is 0 Å². The van der Waals surface area contributed by atoms with Crippen molar-refractivity contribution in [2.24, 2.45) is 0 Å². The number of hydrogen-bond acceptors (Lipinski definition) is 5. The molecule has 1 N–H and O–H groups in total. The van der Waals surface area contributed by atoms with Crippen molar-refractivity contribution in [2.45, 2.75) is 45.1 Å². The number of likely N-dealkylation sites (tertiary alicyclic amines) is 1. The lowest BCUT2D eigenvalue weighted by molar-refractivity contribution is 0.0599. The van der Waals surface area contributed by atoms with Gasteiger partial charge in [-0.3, -0.25) is 19.7 Å². The monoisotopic (exact) mass is 366 g/mol. The van der Waals surface area contributed by atoms with E-state index in [1.807, 2.05) is 23.1 Å². The molecule has 1 aliphatic heterocycles. The van der Waals surface area contributed by atoms with Gasteiger partial charge in [-0.05, 0) is 51.2 Å². The molecule has 1 saturated heterocycles. The highest BCUT2D eigenvalue weighted by molar-refractivity contribution is 5.94. The number of H-pyrrole nitrogens is 1. The van der Waals surface area contributed by atoms with Crippen molar-refractivity contribution in [3.05, 3.63) is 58.0 Å². The number of carbonyl (C=O) groups is 1. The Hall–Kier alpha value is -3.03. The Bertz CT molecular complexity index is 1010. The lowest BCUT2D eigenvalue weighted by Crippen LogP contribution is -2.46. The lowest BCUT2D eigenvalue weighted by atomic mass is 9.96. The molecule has 0 aromatic carbocycles. The number of rotatable bonds is 4. The second-order valence-electron chi connectivity index (χ2n) is 6.93. The highest BCUT2D eigenvalue weighted by Gasteiger charge is 2.29. The van der Waals surface area contributed by atoms with Gasteiger partial charge in [-0.25, -0.2) is 4.98 Å². The van der Waals surface area contributed by atoms with E-state index in [1.165, 1.54) is 10.7 Å². The maximum atomic E-state index is 13.1. The van der Waals surface area contributed by atoms with Gasteiger partial charge in [0.05, 0.1) is 0 Å². The van der Waals surface area contributed by atoms with E-state index in [9.17, 15) is 9.59 Å². The molecule has 4 rings (SSSR count). The molecule has 0 radical (unpaired) electrons. The van der Waals surface area contributed by atoms with Gasteiger partial charge in [-0.2, -0.15) is 9.50 Å². The molecule has 3 aromatic rings. The summed E-state index contributed by atoms with van der Waals surface area (Å²) in [4.78, 5) is 40.3. The van der Waals surface area contributed by atoms with E-state index >= 15 is 0 Å². The van der Waals surface area contributed by atoms with Gasteiger partial charge in [0.25, 0.3) is 17.2 Å². The van der Waals surface area contributed by atoms with Crippen molar-refractivity contribution in [3.8, 4) is 0 Å². The Balaban J connectivity index is 1.57. The molecule has 8 nitrogen and oxygen atoms in total. The SMILES string of the molecule is Cc1nc2ncc(C(=O)N3CCCC[C@@H]3CCc3ccccn3)c(=O)n2[nH]1. The Labute approximate surface area is 156 Å². The zero-order chi connectivity index (χ0) is 18.8. The first kappa shape index (κ1) is 17.4. The number of pyridine rings is 1. The third kappa shape index (κ3) is 3.47. The van der Waals surface area contributed by atoms with Crippen LogP contribution in [0.3, 0.4) is 0 Å². The van der Waals surface area contributed by atoms with E-state index in [1.54, 1.807) is 13.1 Å². The van der Waals surface area contributed by atoms with Gasteiger partial charge in [0, 0.05) is 30.7 Å². The van der Waals surface area contributed by atoms with Gasteiger partial charge < -0.3 is 4.90 Å². The Morgan fingerprint density at radius 3 is 3.00 bits per heavy atom. The van der Waals surface area contributed by atoms with E-state index in [-0.39, 0.29) is 23.3 Å². The number of aromatic nitrogens is 5. The van der Waals surface area contributed by atoms with Crippen molar-refractivity contribution in [2.75, 3.05) is 6.54 Å². The molecule has 0 unspecified atom stereocenters. The fraction of sp³-hybridized carbons (Fsp3) is 0.421. The highest BCUT2D eigenvalue weighted by atomic mass is 16.2. The van der Waals surface area contributed by atoms with Crippen molar-refractivity contribution < 1.29 is 4.79 Å². The number of aryl methyl sites for hydroxylation is 2. The summed E-state index contributed by atoms with van der Waals surface area (Å²) in [6, 6.07) is 5.98. The van der Waals surface area contributed by atoms with Crippen molar-refractivity contribution in [1.82, 2.24) is 29.5 Å². The van der Waals surface area contributed by atoms with Crippen LogP contribution < -0.4 is 5.56 Å². The maximum Gasteiger partial charge on any atom is 0.286 e. The molecule has 0 aliphatic carbocycles. The standard InChI is InChI=1S/C19H22N6O2/c1-13-22-19-21-12-16(18(27)25(19)23-13)17(26)24-11-5-3-7-15(24)9-8-14-6-2-4-10-20-14/h2,4,6,10,12,15H,3,5,7-9,11H2,1H3,(H,21,22,23)/t15-/m1/s1. The summed E-state index contributed by atoms with van der Waals surface area (Å²) >= 11 is 0. The van der Waals surface area contributed by atoms with E-state index in [2.05, 4.69) is 20.1 Å². The van der Waals surface area contributed by atoms with Gasteiger partial charge in [0.15, 0.2) is 0 Å². The van der Waals surface area contributed by atoms with Crippen LogP contribution in [0.2, 0.25) is 0 Å². The zero-order valence-electron chi connectivity index (χ0n) is 15.3. The topological polar surface area (TPSA) is 96.2 Å². The first-order chi connectivity index (χ1) is 13.1. The highest BCUT2D eigenvalue weighted by Crippen LogP contribution is 2.22. The third-order valence-corrected chi connectivity index (χ3v) is 5.06. The van der Waals surface area contributed by atoms with Crippen molar-refractivity contribution >= 4 is 11.7 Å². The molecular weight excluding hydrogens is 344 g/mol. The van der Waals surface area contributed by atoms with Crippen LogP contribution in [0, 0.1) is 6.92 Å². The summed E-state index contributed by atoms with van der Waals surface area (Å²) in [5.41, 5.74) is 0.701. The summed E-state index contributed by atoms with van der Waals surface area (Å²) in [5, 5.41) is 2.83. The molecule has 0 spiro atoms. The van der Waals surface area contributed by atoms with Gasteiger partial charge in [0.1, 0.15) is 11.4 Å². The van der Waals surface area contributed by atoms with Crippen LogP contribution in [-0.2, 0) is 6.42 Å². The number of nitrogens with one attached hydrogen (secondary N) is 1. The summed E-state index contributed by atoms with van der Waals surface area (Å²) in [6.07, 6.45) is 7.77. The number of amides is 1. The first-order valence-electron chi connectivity index (χ1n) is 9.29. The molecule has 1 aliphatic rings. The molecule has 8 heteroatoms. The lowest BCUT2D eigenvalue weighted by Gasteiger charge is -2.35. The van der Waals surface area contributed by atoms with Crippen LogP contribution in [-0.4, -0.2) is 48.0 Å². The molecule has 0 saturated carbocycles. The summed E-state index contributed by atoms with van der Waals surface area (Å²) in [6.45, 7) is 2.41. The molecule has 27 heavy (non-hydrogen) atoms. The molecule has 1 amide bonds. The Kier molecular flexibility index (Phi) is 4.70. The van der Waals surface area contributed by atoms with Crippen molar-refractivity contribution in [1.29, 1.82) is 0 Å². The normalized spacial score (nSPS) is 17.4. The Morgan fingerprint density at radius 1 is 1.30 bits per heavy atom. The van der Waals surface area contributed by atoms with Crippen LogP contribution in [0.4, 0.5) is 0 Å². The van der Waals surface area contributed by atoms with Crippen LogP contribution >= 0.6 is 0 Å². The van der Waals surface area contributed by atoms with E-state index in [0.29, 0.717) is 12.4 Å². The fourth-order valence-electron chi connectivity index (χ4n) is 3.69. The quantitative estimate of drug-likeness (QED) is 0.759. The molecule has 3 aromatic heterocycles. The molecular formula is C19H22N6O2. The first-order valence-corrected chi connectivity index (χ1v) is 9.29. The van der Waals surface area contributed by atoms with Crippen LogP contribution in [0.15, 0.2) is 35.4 Å². The smallest absolute Gasteiger partial charge is 0.286 e. The van der Waals surface area contributed by atoms with E-state index < -0.39 is 5.56 Å². The van der Waals surface area contributed by atoms with Gasteiger partial charge in [0.2, 0.25) is 0 Å². The average molecular weight is 366 g/mol. The Morgan fingerprint density at radius 2 is 2.19 bits per heavy atom. The number of carbonyl (C=O) groups excluding carboxylic acids is 1. The third-order valence-electron chi connectivity index (χ3n) is 5.06. The van der Waals surface area contributed by atoms with E-state index in [0.717, 1.165) is 37.8 Å². The maximum absolute atomic E-state index is 13.1. The largest absolute Gasteiger partial charge is 0.335 e. The van der Waals surface area contributed by atoms with Gasteiger partial charge in [-0.1, -0.05) is 6.07 Å². The number of piperidine rings is 1. The second kappa shape index (κ2) is 7.30. The molecule has 0 bridgehead atoms. The molecule has 1 atom stereocenters. The number of hydrogen-bond donors (Lipinski definition) is 1. The van der Waals surface area contributed by atoms with Crippen molar-refractivity contribution in [3.63, 3.8) is 0 Å². The summed E-state index contributed by atoms with van der Waals surface area (Å²) in [5.74, 6) is 0.606. The summed E-state index contributed by atoms with van der Waals surface area (Å²) in [7, 11) is 0. The van der Waals surface area contributed by atoms with Gasteiger partial charge in [-0.15, -0.1) is 0 Å². The summed E-state index contributed by atoms with van der Waals surface area (Å²) < 4.78 is 1.23. The van der Waals surface area contributed by atoms with Crippen LogP contribution in [0.5, 0.6) is 0 Å². The molecule has 4 heterocycles. The predicted molar refractivity (Wildman–Crippen MR) is 99.6 cm³/mol. The number of nitrogens with zero attached hydrogens (tertiary/aromatic N) is 5. The van der Waals surface area contributed by atoms with Crippen LogP contribution in [0.1, 0.15) is 47.6 Å². The van der Waals surface area contributed by atoms with Gasteiger partial charge >= 0.3 is 0 Å². The number of fused-ring (bicyclic) bond motifs is 1. The minimum absolute atomic E-state index is 0.0842. The predicted octanol–water partition coefficient (Wildman–Crippen LogP) is 1.75. The zero-order valence-corrected chi connectivity index (χ0v) is 15.3. The average Bonchev–Trinajstić information content (AvgIpc) is 3.09. The fourth-order valence-corrected chi connectivity index (χ4v) is 3.69. The molecule has 140 valence electrons.